The summed E-state index contributed by atoms with van der Waals surface area (Å²) in [7, 11) is 0. The van der Waals surface area contributed by atoms with Crippen LogP contribution >= 0.6 is 15.9 Å². The van der Waals surface area contributed by atoms with Gasteiger partial charge in [0, 0.05) is 4.32 Å². The topological polar surface area (TPSA) is 97.6 Å². The van der Waals surface area contributed by atoms with E-state index in [4.69, 9.17) is 9.15 Å². The van der Waals surface area contributed by atoms with Crippen LogP contribution in [0.25, 0.3) is 0 Å². The van der Waals surface area contributed by atoms with Crippen molar-refractivity contribution in [3.63, 3.8) is 0 Å². The summed E-state index contributed by atoms with van der Waals surface area (Å²) in [5.74, 6) is -0.0444. The molecule has 27 heavy (non-hydrogen) atoms. The van der Waals surface area contributed by atoms with Crippen LogP contribution < -0.4 is 10.9 Å². The molecular formula is C19H23BrN2O5. The zero-order valence-electron chi connectivity index (χ0n) is 15.0. The highest BCUT2D eigenvalue weighted by Crippen LogP contribution is 2.65. The maximum Gasteiger partial charge on any atom is 0.306 e. The maximum absolute atomic E-state index is 12.3. The van der Waals surface area contributed by atoms with E-state index < -0.39 is 18.4 Å². The predicted octanol–water partition coefficient (Wildman–Crippen LogP) is 2.71. The van der Waals surface area contributed by atoms with E-state index in [9.17, 15) is 14.4 Å². The molecule has 4 saturated carbocycles. The van der Waals surface area contributed by atoms with E-state index in [0.29, 0.717) is 18.3 Å². The quantitative estimate of drug-likeness (QED) is 0.418. The van der Waals surface area contributed by atoms with Crippen molar-refractivity contribution < 1.29 is 23.5 Å². The molecule has 4 aliphatic rings. The van der Waals surface area contributed by atoms with Crippen molar-refractivity contribution in [1.82, 2.24) is 10.9 Å². The molecule has 2 N–H and O–H groups in total. The molecule has 1 aromatic rings. The third-order valence-electron chi connectivity index (χ3n) is 6.05. The summed E-state index contributed by atoms with van der Waals surface area (Å²) in [6.07, 6.45) is 8.58. The molecule has 4 bridgehead atoms. The number of carbonyl (C=O) groups is 3. The summed E-state index contributed by atoms with van der Waals surface area (Å²) in [6, 6.07) is 3.05. The van der Waals surface area contributed by atoms with Crippen molar-refractivity contribution in [2.24, 2.45) is 17.3 Å². The van der Waals surface area contributed by atoms with Gasteiger partial charge in [0.15, 0.2) is 12.4 Å². The molecule has 0 aliphatic heterocycles. The molecular weight excluding hydrogens is 416 g/mol. The van der Waals surface area contributed by atoms with Gasteiger partial charge in [-0.3, -0.25) is 25.2 Å². The Labute approximate surface area is 165 Å². The Morgan fingerprint density at radius 3 is 2.56 bits per heavy atom. The first-order chi connectivity index (χ1) is 12.8. The summed E-state index contributed by atoms with van der Waals surface area (Å²) in [5, 5.41) is 0. The molecule has 0 saturated heterocycles. The van der Waals surface area contributed by atoms with Gasteiger partial charge in [0.2, 0.25) is 0 Å². The molecule has 2 atom stereocenters. The van der Waals surface area contributed by atoms with Gasteiger partial charge in [0.25, 0.3) is 5.91 Å². The average molecular weight is 439 g/mol. The van der Waals surface area contributed by atoms with E-state index in [2.05, 4.69) is 26.8 Å². The lowest BCUT2D eigenvalue weighted by atomic mass is 9.49. The second-order valence-corrected chi connectivity index (χ2v) is 10.1. The summed E-state index contributed by atoms with van der Waals surface area (Å²) in [5.41, 5.74) is 4.43. The van der Waals surface area contributed by atoms with Gasteiger partial charge >= 0.3 is 11.9 Å². The van der Waals surface area contributed by atoms with Crippen LogP contribution in [0.4, 0.5) is 0 Å². The summed E-state index contributed by atoms with van der Waals surface area (Å²) < 4.78 is 10.3. The molecule has 5 rings (SSSR count). The minimum atomic E-state index is -0.592. The molecule has 4 fully saturated rings. The summed E-state index contributed by atoms with van der Waals surface area (Å²) in [6.45, 7) is -0.417. The first-order valence-corrected chi connectivity index (χ1v) is 10.1. The van der Waals surface area contributed by atoms with Crippen LogP contribution in [-0.4, -0.2) is 28.7 Å². The number of ether oxygens (including phenoxy) is 1. The smallest absolute Gasteiger partial charge is 0.306 e. The van der Waals surface area contributed by atoms with Crippen LogP contribution in [0.5, 0.6) is 0 Å². The molecule has 8 heteroatoms. The molecule has 146 valence electrons. The van der Waals surface area contributed by atoms with Crippen molar-refractivity contribution in [3.05, 3.63) is 24.2 Å². The van der Waals surface area contributed by atoms with Gasteiger partial charge in [-0.1, -0.05) is 15.9 Å². The van der Waals surface area contributed by atoms with Crippen molar-refractivity contribution in [3.8, 4) is 0 Å². The SMILES string of the molecule is O=C(COC(=O)CC12C[C@H]3C[C@@H](CC(Br)(C3)C1)C2)NNC(=O)c1ccco1. The zero-order valence-corrected chi connectivity index (χ0v) is 16.5. The largest absolute Gasteiger partial charge is 0.459 e. The van der Waals surface area contributed by atoms with Gasteiger partial charge < -0.3 is 9.15 Å². The fourth-order valence-corrected chi connectivity index (χ4v) is 7.19. The number of nitrogens with one attached hydrogen (secondary N) is 2. The molecule has 0 radical (unpaired) electrons. The lowest BCUT2D eigenvalue weighted by molar-refractivity contribution is -0.154. The highest BCUT2D eigenvalue weighted by Gasteiger charge is 2.57. The molecule has 7 nitrogen and oxygen atoms in total. The Hall–Kier alpha value is -1.83. The van der Waals surface area contributed by atoms with E-state index in [1.165, 1.54) is 31.6 Å². The third kappa shape index (κ3) is 4.05. The Kier molecular flexibility index (Phi) is 4.78. The minimum absolute atomic E-state index is 0.00858. The Balaban J connectivity index is 1.23. The average Bonchev–Trinajstić information content (AvgIpc) is 3.09. The summed E-state index contributed by atoms with van der Waals surface area (Å²) in [4.78, 5) is 35.8. The fraction of sp³-hybridized carbons (Fsp3) is 0.632. The number of amides is 2. The van der Waals surface area contributed by atoms with E-state index in [-0.39, 0.29) is 21.5 Å². The lowest BCUT2D eigenvalue weighted by Gasteiger charge is -2.60. The van der Waals surface area contributed by atoms with Crippen molar-refractivity contribution in [1.29, 1.82) is 0 Å². The van der Waals surface area contributed by atoms with E-state index >= 15 is 0 Å². The van der Waals surface area contributed by atoms with Gasteiger partial charge in [0.1, 0.15) is 0 Å². The predicted molar refractivity (Wildman–Crippen MR) is 98.7 cm³/mol. The molecule has 1 aromatic heterocycles. The van der Waals surface area contributed by atoms with Gasteiger partial charge in [-0.05, 0) is 67.9 Å². The number of esters is 1. The van der Waals surface area contributed by atoms with Gasteiger partial charge in [-0.2, -0.15) is 0 Å². The Morgan fingerprint density at radius 1 is 1.19 bits per heavy atom. The normalized spacial score (nSPS) is 33.5. The van der Waals surface area contributed by atoms with Crippen molar-refractivity contribution >= 4 is 33.7 Å². The van der Waals surface area contributed by atoms with Crippen LogP contribution in [0.15, 0.2) is 22.8 Å². The molecule has 1 heterocycles. The molecule has 0 spiro atoms. The van der Waals surface area contributed by atoms with Crippen molar-refractivity contribution in [2.45, 2.75) is 49.3 Å². The number of furan rings is 1. The highest BCUT2D eigenvalue weighted by atomic mass is 79.9. The van der Waals surface area contributed by atoms with Crippen LogP contribution in [0.3, 0.4) is 0 Å². The van der Waals surface area contributed by atoms with Gasteiger partial charge in [-0.25, -0.2) is 0 Å². The number of alkyl halides is 1. The molecule has 4 aliphatic carbocycles. The van der Waals surface area contributed by atoms with Gasteiger partial charge in [-0.15, -0.1) is 0 Å². The monoisotopic (exact) mass is 438 g/mol. The van der Waals surface area contributed by atoms with Crippen LogP contribution in [0.2, 0.25) is 0 Å². The zero-order chi connectivity index (χ0) is 19.1. The number of carbonyl (C=O) groups excluding carboxylic acids is 3. The first kappa shape index (κ1) is 18.5. The molecule has 2 amide bonds. The lowest BCUT2D eigenvalue weighted by Crippen LogP contribution is -2.53. The number of hydrogen-bond acceptors (Lipinski definition) is 5. The second kappa shape index (κ2) is 6.96. The Bertz CT molecular complexity index is 733. The fourth-order valence-electron chi connectivity index (χ4n) is 5.68. The summed E-state index contributed by atoms with van der Waals surface area (Å²) >= 11 is 3.93. The second-order valence-electron chi connectivity index (χ2n) is 8.43. The van der Waals surface area contributed by atoms with Crippen molar-refractivity contribution in [2.75, 3.05) is 6.61 Å². The van der Waals surface area contributed by atoms with E-state index in [1.54, 1.807) is 6.07 Å². The van der Waals surface area contributed by atoms with Crippen LogP contribution in [0.1, 0.15) is 55.5 Å². The maximum atomic E-state index is 12.3. The highest BCUT2D eigenvalue weighted by molar-refractivity contribution is 9.10. The van der Waals surface area contributed by atoms with Crippen LogP contribution in [-0.2, 0) is 14.3 Å². The number of halogens is 1. The van der Waals surface area contributed by atoms with E-state index in [1.807, 2.05) is 0 Å². The minimum Gasteiger partial charge on any atom is -0.459 e. The first-order valence-electron chi connectivity index (χ1n) is 9.32. The Morgan fingerprint density at radius 2 is 1.93 bits per heavy atom. The molecule has 0 unspecified atom stereocenters. The number of hydrazine groups is 1. The van der Waals surface area contributed by atoms with Gasteiger partial charge in [0.05, 0.1) is 12.7 Å². The van der Waals surface area contributed by atoms with E-state index in [0.717, 1.165) is 19.3 Å². The van der Waals surface area contributed by atoms with Crippen LogP contribution in [0, 0.1) is 17.3 Å². The number of rotatable bonds is 5. The third-order valence-corrected chi connectivity index (χ3v) is 6.98. The molecule has 0 aromatic carbocycles. The standard InChI is InChI=1S/C19H23BrN2O5/c20-19-7-12-4-13(8-19)6-18(5-12,11-19)9-16(24)27-10-15(23)21-22-17(25)14-2-1-3-26-14/h1-3,12-13H,4-11H2,(H,21,23)(H,22,25)/t12-,13-,18?,19?/m1/s1. The number of hydrogen-bond donors (Lipinski definition) is 2.